The zero-order valence-corrected chi connectivity index (χ0v) is 25.6. The van der Waals surface area contributed by atoms with Gasteiger partial charge in [-0.25, -0.2) is 0 Å². The van der Waals surface area contributed by atoms with Crippen LogP contribution in [0.4, 0.5) is 30.2 Å². The van der Waals surface area contributed by atoms with Crippen molar-refractivity contribution in [2.24, 2.45) is 0 Å². The van der Waals surface area contributed by atoms with Crippen LogP contribution in [0.25, 0.3) is 0 Å². The highest BCUT2D eigenvalue weighted by Gasteiger charge is 2.47. The summed E-state index contributed by atoms with van der Waals surface area (Å²) in [6, 6.07) is 29.1. The van der Waals surface area contributed by atoms with Gasteiger partial charge in [0.15, 0.2) is 0 Å². The van der Waals surface area contributed by atoms with E-state index >= 15 is 0 Å². The van der Waals surface area contributed by atoms with Gasteiger partial charge in [0.25, 0.3) is 0 Å². The standard InChI is InChI=1S/C33H24F3NP2S2/c1-21-13-15-26-28(17-21)38(40,24-9-5-3-6-10-24)30-18-22(2)19-31-32(30)37(26)27-16-14-23(33(34,35)36)20-29(27)39(31,41)25-11-7-4-8-12-25/h3-20H,1-2H3. The molecule has 0 N–H and O–H groups in total. The lowest BCUT2D eigenvalue weighted by Crippen LogP contribution is -2.46. The number of halogens is 3. The van der Waals surface area contributed by atoms with Gasteiger partial charge in [-0.15, -0.1) is 0 Å². The predicted molar refractivity (Wildman–Crippen MR) is 175 cm³/mol. The minimum absolute atomic E-state index is 0.555. The number of hydrogen-bond acceptors (Lipinski definition) is 3. The Balaban J connectivity index is 1.68. The van der Waals surface area contributed by atoms with E-state index < -0.39 is 23.8 Å². The van der Waals surface area contributed by atoms with Crippen LogP contribution in [-0.2, 0) is 29.8 Å². The van der Waals surface area contributed by atoms with Crippen molar-refractivity contribution in [2.75, 3.05) is 4.90 Å². The Kier molecular flexibility index (Phi) is 6.06. The minimum Gasteiger partial charge on any atom is -0.308 e. The summed E-state index contributed by atoms with van der Waals surface area (Å²) in [5.41, 5.74) is 3.95. The fraction of sp³-hybridized carbons (Fsp3) is 0.0909. The number of fused-ring (bicyclic) bond motifs is 4. The quantitative estimate of drug-likeness (QED) is 0.194. The molecule has 2 atom stereocenters. The van der Waals surface area contributed by atoms with Crippen molar-refractivity contribution in [3.05, 3.63) is 126 Å². The van der Waals surface area contributed by atoms with Crippen LogP contribution >= 0.6 is 12.1 Å². The smallest absolute Gasteiger partial charge is 0.308 e. The van der Waals surface area contributed by atoms with Gasteiger partial charge in [-0.2, -0.15) is 13.2 Å². The Labute approximate surface area is 247 Å². The molecule has 0 aromatic heterocycles. The van der Waals surface area contributed by atoms with E-state index in [0.717, 1.165) is 49.0 Å². The number of benzene rings is 5. The van der Waals surface area contributed by atoms with E-state index in [-0.39, 0.29) is 0 Å². The van der Waals surface area contributed by atoms with Crippen LogP contribution < -0.4 is 36.7 Å². The van der Waals surface area contributed by atoms with Crippen molar-refractivity contribution in [3.63, 3.8) is 0 Å². The van der Waals surface area contributed by atoms with E-state index in [2.05, 4.69) is 48.2 Å². The lowest BCUT2D eigenvalue weighted by atomic mass is 10.1. The van der Waals surface area contributed by atoms with E-state index in [0.29, 0.717) is 11.0 Å². The maximum Gasteiger partial charge on any atom is 0.416 e. The number of hydrogen-bond donors (Lipinski definition) is 0. The highest BCUT2D eigenvalue weighted by atomic mass is 32.4. The number of nitrogens with zero attached hydrogens (tertiary/aromatic N) is 1. The highest BCUT2D eigenvalue weighted by molar-refractivity contribution is 8.27. The largest absolute Gasteiger partial charge is 0.416 e. The molecule has 5 aromatic carbocycles. The number of alkyl halides is 3. The van der Waals surface area contributed by atoms with E-state index in [9.17, 15) is 13.2 Å². The summed E-state index contributed by atoms with van der Waals surface area (Å²) >= 11 is 13.5. The zero-order valence-electron chi connectivity index (χ0n) is 22.2. The average Bonchev–Trinajstić information content (AvgIpc) is 2.97. The molecule has 0 aliphatic carbocycles. The summed E-state index contributed by atoms with van der Waals surface area (Å²) in [6.45, 7) is 4.08. The van der Waals surface area contributed by atoms with Gasteiger partial charge < -0.3 is 4.90 Å². The Morgan fingerprint density at radius 3 is 1.54 bits per heavy atom. The molecular formula is C33H24F3NP2S2. The normalized spacial score (nSPS) is 20.7. The number of rotatable bonds is 2. The zero-order chi connectivity index (χ0) is 28.7. The molecule has 2 heterocycles. The molecule has 0 saturated carbocycles. The fourth-order valence-corrected chi connectivity index (χ4v) is 15.0. The van der Waals surface area contributed by atoms with E-state index in [1.165, 1.54) is 12.1 Å². The fourth-order valence-electron chi connectivity index (χ4n) is 6.13. The molecule has 0 bridgehead atoms. The SMILES string of the molecule is Cc1ccc2c(c1)P(=S)(c1ccccc1)c1cc(C)cc3c1N2c1ccc(C(F)(F)F)cc1P3(=S)c1ccccc1. The van der Waals surface area contributed by atoms with Gasteiger partial charge in [-0.3, -0.25) is 0 Å². The van der Waals surface area contributed by atoms with Gasteiger partial charge in [0.1, 0.15) is 0 Å². The van der Waals surface area contributed by atoms with Crippen LogP contribution in [0.2, 0.25) is 0 Å². The van der Waals surface area contributed by atoms with Crippen molar-refractivity contribution in [2.45, 2.75) is 20.0 Å². The first kappa shape index (κ1) is 26.9. The summed E-state index contributed by atoms with van der Waals surface area (Å²) in [6.07, 6.45) is -4.49. The Morgan fingerprint density at radius 1 is 0.561 bits per heavy atom. The van der Waals surface area contributed by atoms with E-state index in [4.69, 9.17) is 23.6 Å². The molecule has 0 amide bonds. The van der Waals surface area contributed by atoms with E-state index in [1.54, 1.807) is 6.07 Å². The van der Waals surface area contributed by atoms with Gasteiger partial charge in [0.2, 0.25) is 0 Å². The molecule has 7 rings (SSSR count). The lowest BCUT2D eigenvalue weighted by Gasteiger charge is -2.47. The molecule has 0 spiro atoms. The molecular weight excluding hydrogens is 593 g/mol. The second-order valence-electron chi connectivity index (χ2n) is 10.6. The molecule has 5 aromatic rings. The van der Waals surface area contributed by atoms with E-state index in [1.807, 2.05) is 61.5 Å². The molecule has 41 heavy (non-hydrogen) atoms. The van der Waals surface area contributed by atoms with Crippen molar-refractivity contribution in [1.82, 2.24) is 0 Å². The van der Waals surface area contributed by atoms with Crippen LogP contribution in [0.15, 0.2) is 109 Å². The summed E-state index contributed by atoms with van der Waals surface area (Å²) in [7, 11) is 0. The monoisotopic (exact) mass is 617 g/mol. The van der Waals surface area contributed by atoms with Crippen molar-refractivity contribution in [3.8, 4) is 0 Å². The molecule has 2 aliphatic rings. The summed E-state index contributed by atoms with van der Waals surface area (Å²) < 4.78 is 42.5. The maximum atomic E-state index is 14.2. The molecule has 2 aliphatic heterocycles. The third-order valence-electron chi connectivity index (χ3n) is 7.95. The molecule has 1 nitrogen and oxygen atoms in total. The second-order valence-corrected chi connectivity index (χ2v) is 19.3. The van der Waals surface area contributed by atoms with Crippen molar-refractivity contribution >= 4 is 84.6 Å². The maximum absolute atomic E-state index is 14.2. The molecule has 8 heteroatoms. The summed E-state index contributed by atoms with van der Waals surface area (Å²) in [4.78, 5) is 2.13. The van der Waals surface area contributed by atoms with Crippen LogP contribution in [0, 0.1) is 13.8 Å². The summed E-state index contributed by atoms with van der Waals surface area (Å²) in [5, 5.41) is 5.49. The number of aryl methyl sites for hydroxylation is 2. The number of anilines is 3. The first-order chi connectivity index (χ1) is 19.5. The topological polar surface area (TPSA) is 3.24 Å². The lowest BCUT2D eigenvalue weighted by molar-refractivity contribution is -0.137. The van der Waals surface area contributed by atoms with Crippen LogP contribution in [-0.4, -0.2) is 0 Å². The molecule has 0 radical (unpaired) electrons. The Bertz CT molecular complexity index is 1970. The van der Waals surface area contributed by atoms with Gasteiger partial charge in [0.05, 0.1) is 22.6 Å². The van der Waals surface area contributed by atoms with Gasteiger partial charge in [0, 0.05) is 33.3 Å². The highest BCUT2D eigenvalue weighted by Crippen LogP contribution is 2.61. The van der Waals surface area contributed by atoms with Gasteiger partial charge in [-0.1, -0.05) is 95.9 Å². The first-order valence-electron chi connectivity index (χ1n) is 13.1. The minimum atomic E-state index is -4.49. The Morgan fingerprint density at radius 2 is 1.02 bits per heavy atom. The molecule has 2 unspecified atom stereocenters. The third kappa shape index (κ3) is 3.81. The molecule has 0 fully saturated rings. The average molecular weight is 618 g/mol. The predicted octanol–water partition coefficient (Wildman–Crippen LogP) is 6.93. The van der Waals surface area contributed by atoms with Gasteiger partial charge >= 0.3 is 6.18 Å². The molecule has 204 valence electrons. The third-order valence-corrected chi connectivity index (χ3v) is 17.7. The second kappa shape index (κ2) is 9.24. The van der Waals surface area contributed by atoms with Crippen molar-refractivity contribution in [1.29, 1.82) is 0 Å². The summed E-state index contributed by atoms with van der Waals surface area (Å²) in [5.74, 6) is 0. The van der Waals surface area contributed by atoms with Gasteiger partial charge in [-0.05, 0) is 72.5 Å². The Hall–Kier alpha value is -3.01. The van der Waals surface area contributed by atoms with Crippen LogP contribution in [0.3, 0.4) is 0 Å². The first-order valence-corrected chi connectivity index (χ1v) is 18.8. The van der Waals surface area contributed by atoms with Crippen LogP contribution in [0.5, 0.6) is 0 Å². The van der Waals surface area contributed by atoms with Crippen molar-refractivity contribution < 1.29 is 13.2 Å². The van der Waals surface area contributed by atoms with Crippen LogP contribution in [0.1, 0.15) is 16.7 Å². The molecule has 0 saturated heterocycles.